The van der Waals surface area contributed by atoms with Gasteiger partial charge >= 0.3 is 0 Å². The van der Waals surface area contributed by atoms with Crippen LogP contribution in [0.4, 0.5) is 0 Å². The molecule has 0 aliphatic carbocycles. The van der Waals surface area contributed by atoms with Gasteiger partial charge in [-0.05, 0) is 12.8 Å². The van der Waals surface area contributed by atoms with Gasteiger partial charge in [-0.15, -0.1) is 0 Å². The Morgan fingerprint density at radius 3 is 2.54 bits per heavy atom. The summed E-state index contributed by atoms with van der Waals surface area (Å²) < 4.78 is 5.27. The summed E-state index contributed by atoms with van der Waals surface area (Å²) in [7, 11) is 0. The molecule has 0 aromatic carbocycles. The zero-order valence-electron chi connectivity index (χ0n) is 8.47. The van der Waals surface area contributed by atoms with Crippen molar-refractivity contribution in [1.29, 1.82) is 0 Å². The average Bonchev–Trinajstić information content (AvgIpc) is 2.11. The number of hydrogen-bond donors (Lipinski definition) is 1. The fraction of sp³-hybridized carbons (Fsp3) is 0.889. The Morgan fingerprint density at radius 2 is 2.15 bits per heavy atom. The fourth-order valence-corrected chi connectivity index (χ4v) is 1.05. The second-order valence-electron chi connectivity index (χ2n) is 3.21. The molecule has 0 aromatic heterocycles. The maximum Gasteiger partial charge on any atom is 0.230 e. The van der Waals surface area contributed by atoms with E-state index in [9.17, 15) is 4.79 Å². The van der Waals surface area contributed by atoms with E-state index < -0.39 is 0 Å². The van der Waals surface area contributed by atoms with Crippen LogP contribution < -0.4 is 5.32 Å². The molecule has 3 nitrogen and oxygen atoms in total. The first-order chi connectivity index (χ1) is 6.11. The first kappa shape index (κ1) is 12.9. The molecule has 0 aliphatic rings. The van der Waals surface area contributed by atoms with Gasteiger partial charge in [0.1, 0.15) is 0 Å². The maximum atomic E-state index is 11.1. The van der Waals surface area contributed by atoms with E-state index in [1.165, 1.54) is 0 Å². The Morgan fingerprint density at radius 1 is 1.54 bits per heavy atom. The van der Waals surface area contributed by atoms with E-state index in [-0.39, 0.29) is 11.9 Å². The fourth-order valence-electron chi connectivity index (χ4n) is 0.891. The van der Waals surface area contributed by atoms with Gasteiger partial charge in [-0.25, -0.2) is 0 Å². The van der Waals surface area contributed by atoms with Crippen LogP contribution in [0.15, 0.2) is 0 Å². The van der Waals surface area contributed by atoms with Gasteiger partial charge in [0.05, 0.1) is 18.0 Å². The van der Waals surface area contributed by atoms with Gasteiger partial charge in [0.25, 0.3) is 0 Å². The Hall–Kier alpha value is -0.0900. The molecule has 13 heavy (non-hydrogen) atoms. The van der Waals surface area contributed by atoms with E-state index in [1.807, 2.05) is 6.92 Å². The number of alkyl halides is 1. The SMILES string of the molecule is CCOCC(NC(=O)CBr)C(C)C. The van der Waals surface area contributed by atoms with Crippen LogP contribution in [0.3, 0.4) is 0 Å². The highest BCUT2D eigenvalue weighted by Gasteiger charge is 2.15. The highest BCUT2D eigenvalue weighted by Crippen LogP contribution is 2.02. The molecule has 0 radical (unpaired) electrons. The molecule has 4 heteroatoms. The third kappa shape index (κ3) is 6.05. The van der Waals surface area contributed by atoms with Gasteiger partial charge in [0, 0.05) is 6.61 Å². The van der Waals surface area contributed by atoms with Gasteiger partial charge < -0.3 is 10.1 Å². The first-order valence-corrected chi connectivity index (χ1v) is 5.67. The summed E-state index contributed by atoms with van der Waals surface area (Å²) >= 11 is 3.11. The number of carbonyl (C=O) groups is 1. The van der Waals surface area contributed by atoms with E-state index in [0.29, 0.717) is 24.5 Å². The minimum atomic E-state index is 0.0124. The molecule has 1 unspecified atom stereocenters. The lowest BCUT2D eigenvalue weighted by Crippen LogP contribution is -2.42. The number of ether oxygens (including phenoxy) is 1. The highest BCUT2D eigenvalue weighted by atomic mass is 79.9. The number of amides is 1. The predicted molar refractivity (Wildman–Crippen MR) is 57.1 cm³/mol. The van der Waals surface area contributed by atoms with Crippen molar-refractivity contribution >= 4 is 21.8 Å². The standard InChI is InChI=1S/C9H18BrNO2/c1-4-13-6-8(7(2)3)11-9(12)5-10/h7-8H,4-6H2,1-3H3,(H,11,12). The van der Waals surface area contributed by atoms with E-state index in [0.717, 1.165) is 0 Å². The van der Waals surface area contributed by atoms with Gasteiger partial charge in [-0.2, -0.15) is 0 Å². The van der Waals surface area contributed by atoms with E-state index in [4.69, 9.17) is 4.74 Å². The van der Waals surface area contributed by atoms with Crippen molar-refractivity contribution in [2.75, 3.05) is 18.5 Å². The third-order valence-corrected chi connectivity index (χ3v) is 2.28. The lowest BCUT2D eigenvalue weighted by atomic mass is 10.1. The van der Waals surface area contributed by atoms with E-state index in [2.05, 4.69) is 35.1 Å². The Bertz CT molecular complexity index is 151. The minimum Gasteiger partial charge on any atom is -0.380 e. The van der Waals surface area contributed by atoms with Crippen molar-refractivity contribution in [3.63, 3.8) is 0 Å². The Labute approximate surface area is 88.4 Å². The molecule has 0 aliphatic heterocycles. The molecule has 1 N–H and O–H groups in total. The van der Waals surface area contributed by atoms with Gasteiger partial charge in [-0.1, -0.05) is 29.8 Å². The number of carbonyl (C=O) groups excluding carboxylic acids is 1. The molecular formula is C9H18BrNO2. The monoisotopic (exact) mass is 251 g/mol. The summed E-state index contributed by atoms with van der Waals surface area (Å²) in [4.78, 5) is 11.1. The molecule has 0 saturated heterocycles. The molecule has 0 heterocycles. The van der Waals surface area contributed by atoms with Crippen molar-refractivity contribution in [3.05, 3.63) is 0 Å². The van der Waals surface area contributed by atoms with Crippen molar-refractivity contribution < 1.29 is 9.53 Å². The molecule has 0 aromatic rings. The molecule has 0 spiro atoms. The van der Waals surface area contributed by atoms with E-state index >= 15 is 0 Å². The summed E-state index contributed by atoms with van der Waals surface area (Å²) in [6.45, 7) is 7.36. The van der Waals surface area contributed by atoms with Crippen molar-refractivity contribution in [2.24, 2.45) is 5.92 Å². The summed E-state index contributed by atoms with van der Waals surface area (Å²) in [6.07, 6.45) is 0. The van der Waals surface area contributed by atoms with Crippen molar-refractivity contribution in [1.82, 2.24) is 5.32 Å². The second-order valence-corrected chi connectivity index (χ2v) is 3.77. The summed E-state index contributed by atoms with van der Waals surface area (Å²) in [5.74, 6) is 0.410. The molecule has 78 valence electrons. The van der Waals surface area contributed by atoms with Crippen LogP contribution in [0.5, 0.6) is 0 Å². The largest absolute Gasteiger partial charge is 0.380 e. The van der Waals surface area contributed by atoms with Crippen LogP contribution in [0.2, 0.25) is 0 Å². The van der Waals surface area contributed by atoms with Gasteiger partial charge in [0.2, 0.25) is 5.91 Å². The smallest absolute Gasteiger partial charge is 0.230 e. The van der Waals surface area contributed by atoms with Gasteiger partial charge in [0.15, 0.2) is 0 Å². The summed E-state index contributed by atoms with van der Waals surface area (Å²) in [6, 6.07) is 0.116. The quantitative estimate of drug-likeness (QED) is 0.728. The van der Waals surface area contributed by atoms with Crippen molar-refractivity contribution in [2.45, 2.75) is 26.8 Å². The Balaban J connectivity index is 3.87. The third-order valence-electron chi connectivity index (χ3n) is 1.77. The predicted octanol–water partition coefficient (Wildman–Crippen LogP) is 1.56. The zero-order valence-corrected chi connectivity index (χ0v) is 10.1. The summed E-state index contributed by atoms with van der Waals surface area (Å²) in [5, 5.41) is 3.24. The molecule has 1 amide bonds. The Kier molecular flexibility index (Phi) is 7.28. The lowest BCUT2D eigenvalue weighted by Gasteiger charge is -2.21. The summed E-state index contributed by atoms with van der Waals surface area (Å²) in [5.41, 5.74) is 0. The normalized spacial score (nSPS) is 13.0. The van der Waals surface area contributed by atoms with Crippen LogP contribution in [-0.2, 0) is 9.53 Å². The number of halogens is 1. The molecule has 0 bridgehead atoms. The van der Waals surface area contributed by atoms with E-state index in [1.54, 1.807) is 0 Å². The van der Waals surface area contributed by atoms with Crippen molar-refractivity contribution in [3.8, 4) is 0 Å². The molecule has 0 fully saturated rings. The lowest BCUT2D eigenvalue weighted by molar-refractivity contribution is -0.120. The minimum absolute atomic E-state index is 0.0124. The number of rotatable bonds is 6. The highest BCUT2D eigenvalue weighted by molar-refractivity contribution is 9.09. The van der Waals surface area contributed by atoms with Crippen LogP contribution in [0.1, 0.15) is 20.8 Å². The topological polar surface area (TPSA) is 38.3 Å². The van der Waals surface area contributed by atoms with Gasteiger partial charge in [-0.3, -0.25) is 4.79 Å². The van der Waals surface area contributed by atoms with Crippen LogP contribution in [0, 0.1) is 5.92 Å². The zero-order chi connectivity index (χ0) is 10.3. The molecule has 0 saturated carbocycles. The number of hydrogen-bond acceptors (Lipinski definition) is 2. The van der Waals surface area contributed by atoms with Crippen LogP contribution >= 0.6 is 15.9 Å². The maximum absolute atomic E-state index is 11.1. The second kappa shape index (κ2) is 7.33. The molecule has 0 rings (SSSR count). The first-order valence-electron chi connectivity index (χ1n) is 4.54. The van der Waals surface area contributed by atoms with Crippen LogP contribution in [-0.4, -0.2) is 30.5 Å². The average molecular weight is 252 g/mol. The van der Waals surface area contributed by atoms with Crippen LogP contribution in [0.25, 0.3) is 0 Å². The molecule has 1 atom stereocenters. The number of nitrogens with one attached hydrogen (secondary N) is 1. The molecular weight excluding hydrogens is 234 g/mol.